The predicted molar refractivity (Wildman–Crippen MR) is 147 cm³/mol. The zero-order valence-corrected chi connectivity index (χ0v) is 24.1. The summed E-state index contributed by atoms with van der Waals surface area (Å²) in [5.41, 5.74) is 5.48. The van der Waals surface area contributed by atoms with Gasteiger partial charge in [0.1, 0.15) is 11.4 Å². The van der Waals surface area contributed by atoms with Crippen molar-refractivity contribution in [2.24, 2.45) is 5.73 Å². The summed E-state index contributed by atoms with van der Waals surface area (Å²) in [5, 5.41) is 12.2. The minimum Gasteiger partial charge on any atom is -0.366 e. The largest absolute Gasteiger partial charge is 0.406 e. The Balaban J connectivity index is 0.000000483. The molecule has 0 aliphatic carbocycles. The van der Waals surface area contributed by atoms with Gasteiger partial charge in [0.2, 0.25) is 17.6 Å². The number of piperidine rings is 1. The average Bonchev–Trinajstić information content (AvgIpc) is 3.66. The van der Waals surface area contributed by atoms with Gasteiger partial charge in [0.25, 0.3) is 5.91 Å². The third-order valence-electron chi connectivity index (χ3n) is 6.44. The molecule has 11 nitrogen and oxygen atoms in total. The number of aromatic nitrogens is 5. The first kappa shape index (κ1) is 30.2. The van der Waals surface area contributed by atoms with Crippen LogP contribution in [-0.2, 0) is 18.6 Å². The SMILES string of the molecule is CC(C)(C)n1cc(C(=O)NCc2nc(-c3cc4c(C(N)=O)csc4n3CC(F)(F)F)no2)cn1.CN1CCCCC1. The van der Waals surface area contributed by atoms with Crippen LogP contribution in [0.15, 0.2) is 28.4 Å². The summed E-state index contributed by atoms with van der Waals surface area (Å²) >= 11 is 0.958. The molecule has 0 aromatic carbocycles. The third kappa shape index (κ3) is 7.52. The van der Waals surface area contributed by atoms with Gasteiger partial charge in [-0.1, -0.05) is 11.6 Å². The van der Waals surface area contributed by atoms with Crippen molar-refractivity contribution < 1.29 is 27.3 Å². The lowest BCUT2D eigenvalue weighted by Crippen LogP contribution is -2.24. The molecule has 0 spiro atoms. The zero-order chi connectivity index (χ0) is 29.9. The van der Waals surface area contributed by atoms with Crippen LogP contribution >= 0.6 is 11.3 Å². The van der Waals surface area contributed by atoms with Crippen LogP contribution in [0.2, 0.25) is 0 Å². The number of carbonyl (C=O) groups excluding carboxylic acids is 2. The Hall–Kier alpha value is -3.72. The van der Waals surface area contributed by atoms with Gasteiger partial charge in [0.05, 0.1) is 35.1 Å². The molecule has 15 heteroatoms. The van der Waals surface area contributed by atoms with Crippen molar-refractivity contribution in [1.82, 2.24) is 34.7 Å². The van der Waals surface area contributed by atoms with Crippen LogP contribution in [0.5, 0.6) is 0 Å². The van der Waals surface area contributed by atoms with Crippen LogP contribution < -0.4 is 11.1 Å². The van der Waals surface area contributed by atoms with E-state index >= 15 is 0 Å². The number of rotatable bonds is 6. The lowest BCUT2D eigenvalue weighted by atomic mass is 10.1. The number of hydrogen-bond acceptors (Lipinski definition) is 8. The highest BCUT2D eigenvalue weighted by Gasteiger charge is 2.32. The lowest BCUT2D eigenvalue weighted by Gasteiger charge is -2.20. The molecule has 3 N–H and O–H groups in total. The van der Waals surface area contributed by atoms with E-state index in [1.54, 1.807) is 10.9 Å². The van der Waals surface area contributed by atoms with Gasteiger partial charge in [-0.25, -0.2) is 0 Å². The molecule has 1 fully saturated rings. The maximum absolute atomic E-state index is 13.2. The standard InChI is InChI=1S/C20H20F3N7O3S.C6H13N/c1-19(2,3)30-7-10(5-26-30)17(32)25-6-14-27-16(28-33-14)13-4-11-12(15(24)31)8-34-18(11)29(13)9-20(21,22)23;1-7-5-3-2-4-6-7/h4-5,7-8H,6,9H2,1-3H3,(H2,24,31)(H,25,32);2-6H2,1H3. The molecule has 1 saturated heterocycles. The molecule has 1 aliphatic rings. The van der Waals surface area contributed by atoms with E-state index in [-0.39, 0.29) is 45.3 Å². The fourth-order valence-electron chi connectivity index (χ4n) is 4.29. The number of primary amides is 1. The highest BCUT2D eigenvalue weighted by atomic mass is 32.1. The first-order chi connectivity index (χ1) is 19.2. The molecule has 222 valence electrons. The van der Waals surface area contributed by atoms with Gasteiger partial charge in [-0.05, 0) is 59.8 Å². The van der Waals surface area contributed by atoms with Crippen LogP contribution in [0.1, 0.15) is 66.6 Å². The molecule has 5 heterocycles. The smallest absolute Gasteiger partial charge is 0.366 e. The Labute approximate surface area is 238 Å². The van der Waals surface area contributed by atoms with E-state index in [0.717, 1.165) is 15.9 Å². The zero-order valence-electron chi connectivity index (χ0n) is 23.3. The van der Waals surface area contributed by atoms with Crippen LogP contribution in [0.3, 0.4) is 0 Å². The molecular formula is C26H33F3N8O3S. The molecule has 0 saturated carbocycles. The second-order valence-corrected chi connectivity index (χ2v) is 11.7. The summed E-state index contributed by atoms with van der Waals surface area (Å²) in [7, 11) is 2.19. The van der Waals surface area contributed by atoms with Crippen LogP contribution in [0.25, 0.3) is 21.7 Å². The normalized spacial score (nSPS) is 14.6. The van der Waals surface area contributed by atoms with Crippen molar-refractivity contribution >= 4 is 33.4 Å². The minimum atomic E-state index is -4.53. The molecule has 0 bridgehead atoms. The van der Waals surface area contributed by atoms with E-state index in [9.17, 15) is 22.8 Å². The van der Waals surface area contributed by atoms with Crippen LogP contribution in [0.4, 0.5) is 13.2 Å². The number of nitrogens with one attached hydrogen (secondary N) is 1. The Morgan fingerprint density at radius 2 is 1.88 bits per heavy atom. The number of halogens is 3. The monoisotopic (exact) mass is 594 g/mol. The van der Waals surface area contributed by atoms with Gasteiger partial charge in [-0.2, -0.15) is 23.3 Å². The molecule has 1 aliphatic heterocycles. The summed E-state index contributed by atoms with van der Waals surface area (Å²) < 4.78 is 47.4. The summed E-state index contributed by atoms with van der Waals surface area (Å²) in [6.45, 7) is 6.99. The van der Waals surface area contributed by atoms with Gasteiger partial charge in [-0.15, -0.1) is 11.3 Å². The minimum absolute atomic E-state index is 0.00875. The van der Waals surface area contributed by atoms with Gasteiger partial charge < -0.3 is 25.0 Å². The van der Waals surface area contributed by atoms with Crippen molar-refractivity contribution in [1.29, 1.82) is 0 Å². The fourth-order valence-corrected chi connectivity index (χ4v) is 5.35. The first-order valence-electron chi connectivity index (χ1n) is 13.0. The summed E-state index contributed by atoms with van der Waals surface area (Å²) in [6.07, 6.45) is 2.77. The molecule has 4 aromatic heterocycles. The Morgan fingerprint density at radius 1 is 1.17 bits per heavy atom. The van der Waals surface area contributed by atoms with Gasteiger partial charge in [-0.3, -0.25) is 14.3 Å². The average molecular weight is 595 g/mol. The van der Waals surface area contributed by atoms with Crippen molar-refractivity contribution in [3.8, 4) is 11.5 Å². The number of thiophene rings is 1. The molecular weight excluding hydrogens is 561 g/mol. The van der Waals surface area contributed by atoms with Gasteiger partial charge in [0.15, 0.2) is 0 Å². The van der Waals surface area contributed by atoms with E-state index in [0.29, 0.717) is 5.56 Å². The molecule has 0 unspecified atom stereocenters. The Bertz CT molecular complexity index is 1510. The van der Waals surface area contributed by atoms with E-state index in [4.69, 9.17) is 10.3 Å². The lowest BCUT2D eigenvalue weighted by molar-refractivity contribution is -0.139. The number of likely N-dealkylation sites (tertiary alicyclic amines) is 1. The maximum atomic E-state index is 13.2. The Morgan fingerprint density at radius 3 is 2.44 bits per heavy atom. The van der Waals surface area contributed by atoms with E-state index in [1.165, 1.54) is 50.0 Å². The quantitative estimate of drug-likeness (QED) is 0.338. The topological polar surface area (TPSA) is 137 Å². The van der Waals surface area contributed by atoms with Crippen LogP contribution in [-0.4, -0.2) is 67.5 Å². The van der Waals surface area contributed by atoms with Crippen LogP contribution in [0, 0.1) is 0 Å². The molecule has 0 radical (unpaired) electrons. The summed E-state index contributed by atoms with van der Waals surface area (Å²) in [6, 6.07) is 1.37. The number of amides is 2. The number of carbonyl (C=O) groups is 2. The summed E-state index contributed by atoms with van der Waals surface area (Å²) in [5.74, 6) is -1.31. The molecule has 5 rings (SSSR count). The van der Waals surface area contributed by atoms with Crippen molar-refractivity contribution in [2.45, 2.75) is 64.8 Å². The van der Waals surface area contributed by atoms with Gasteiger partial charge in [0, 0.05) is 17.0 Å². The number of nitrogens with zero attached hydrogens (tertiary/aromatic N) is 6. The Kier molecular flexibility index (Phi) is 8.87. The fraction of sp³-hybridized carbons (Fsp3) is 0.500. The second-order valence-electron chi connectivity index (χ2n) is 10.9. The summed E-state index contributed by atoms with van der Waals surface area (Å²) in [4.78, 5) is 30.8. The number of hydrogen-bond donors (Lipinski definition) is 2. The third-order valence-corrected chi connectivity index (χ3v) is 7.46. The number of alkyl halides is 3. The number of nitrogens with two attached hydrogens (primary N) is 1. The van der Waals surface area contributed by atoms with Gasteiger partial charge >= 0.3 is 6.18 Å². The van der Waals surface area contributed by atoms with Crippen molar-refractivity contribution in [3.63, 3.8) is 0 Å². The maximum Gasteiger partial charge on any atom is 0.406 e. The highest BCUT2D eigenvalue weighted by molar-refractivity contribution is 7.17. The van der Waals surface area contributed by atoms with Crippen molar-refractivity contribution in [2.75, 3.05) is 20.1 Å². The molecule has 2 amide bonds. The second kappa shape index (κ2) is 12.0. The number of fused-ring (bicyclic) bond motifs is 1. The van der Waals surface area contributed by atoms with E-state index in [1.807, 2.05) is 20.8 Å². The highest BCUT2D eigenvalue weighted by Crippen LogP contribution is 2.35. The van der Waals surface area contributed by atoms with Crippen molar-refractivity contribution in [3.05, 3.63) is 40.9 Å². The first-order valence-corrected chi connectivity index (χ1v) is 13.9. The van der Waals surface area contributed by atoms with E-state index < -0.39 is 24.5 Å². The predicted octanol–water partition coefficient (Wildman–Crippen LogP) is 4.40. The molecule has 0 atom stereocenters. The van der Waals surface area contributed by atoms with E-state index in [2.05, 4.69) is 32.5 Å². The molecule has 41 heavy (non-hydrogen) atoms. The molecule has 4 aromatic rings.